The first-order chi connectivity index (χ1) is 10.8. The third kappa shape index (κ3) is 3.97. The Bertz CT molecular complexity index is 504. The average molecular weight is 328 g/mol. The van der Waals surface area contributed by atoms with Gasteiger partial charge in [-0.3, -0.25) is 14.4 Å². The predicted molar refractivity (Wildman–Crippen MR) is 77.9 cm³/mol. The highest BCUT2D eigenvalue weighted by Gasteiger charge is 2.57. The molecule has 0 saturated heterocycles. The zero-order chi connectivity index (χ0) is 18.2. The Kier molecular flexibility index (Phi) is 7.72. The van der Waals surface area contributed by atoms with Crippen molar-refractivity contribution in [2.75, 3.05) is 28.4 Å². The Morgan fingerprint density at radius 1 is 0.957 bits per heavy atom. The van der Waals surface area contributed by atoms with Crippen molar-refractivity contribution in [1.82, 2.24) is 0 Å². The lowest BCUT2D eigenvalue weighted by Gasteiger charge is -2.32. The minimum absolute atomic E-state index is 0.223. The SMILES string of the molecule is C=CC(C(=O)OC)C(CC(=C)C(=O)OC)(C(=O)OC)C(=O)OC. The van der Waals surface area contributed by atoms with Crippen molar-refractivity contribution in [2.45, 2.75) is 6.42 Å². The van der Waals surface area contributed by atoms with E-state index in [1.165, 1.54) is 0 Å². The van der Waals surface area contributed by atoms with Gasteiger partial charge in [0.1, 0.15) is 5.92 Å². The highest BCUT2D eigenvalue weighted by Crippen LogP contribution is 2.39. The second kappa shape index (κ2) is 8.72. The lowest BCUT2D eigenvalue weighted by atomic mass is 9.70. The maximum absolute atomic E-state index is 12.3. The summed E-state index contributed by atoms with van der Waals surface area (Å²) in [6.45, 7) is 6.91. The third-order valence-electron chi connectivity index (χ3n) is 3.29. The number of esters is 4. The van der Waals surface area contributed by atoms with Gasteiger partial charge in [0.05, 0.1) is 28.4 Å². The molecule has 0 aliphatic carbocycles. The molecule has 8 heteroatoms. The van der Waals surface area contributed by atoms with Crippen LogP contribution in [0.2, 0.25) is 0 Å². The molecule has 23 heavy (non-hydrogen) atoms. The molecule has 1 unspecified atom stereocenters. The molecule has 0 spiro atoms. The van der Waals surface area contributed by atoms with E-state index in [2.05, 4.69) is 32.1 Å². The third-order valence-corrected chi connectivity index (χ3v) is 3.29. The molecule has 1 atom stereocenters. The quantitative estimate of drug-likeness (QED) is 0.207. The number of carbonyl (C=O) groups is 4. The molecule has 0 aromatic heterocycles. The van der Waals surface area contributed by atoms with Gasteiger partial charge in [0, 0.05) is 12.0 Å². The highest BCUT2D eigenvalue weighted by atomic mass is 16.6. The Labute approximate surface area is 134 Å². The molecule has 0 heterocycles. The molecule has 0 saturated carbocycles. The van der Waals surface area contributed by atoms with Crippen LogP contribution in [0.5, 0.6) is 0 Å². The Morgan fingerprint density at radius 3 is 1.74 bits per heavy atom. The summed E-state index contributed by atoms with van der Waals surface area (Å²) in [4.78, 5) is 48.2. The standard InChI is InChI=1S/C15H20O8/c1-7-10(12(17)21-4)15(13(18)22-5,14(19)23-6)8-9(2)11(16)20-3/h7,10H,1-2,8H2,3-6H3. The van der Waals surface area contributed by atoms with Crippen molar-refractivity contribution >= 4 is 23.9 Å². The van der Waals surface area contributed by atoms with E-state index in [4.69, 9.17) is 0 Å². The molecule has 0 rings (SSSR count). The van der Waals surface area contributed by atoms with Gasteiger partial charge in [0.2, 0.25) is 0 Å². The lowest BCUT2D eigenvalue weighted by Crippen LogP contribution is -2.50. The second-order valence-corrected chi connectivity index (χ2v) is 4.46. The number of rotatable bonds is 8. The molecule has 0 aliphatic heterocycles. The summed E-state index contributed by atoms with van der Waals surface area (Å²) in [7, 11) is 4.24. The monoisotopic (exact) mass is 328 g/mol. The van der Waals surface area contributed by atoms with E-state index in [0.29, 0.717) is 0 Å². The normalized spacial score (nSPS) is 11.7. The van der Waals surface area contributed by atoms with E-state index in [9.17, 15) is 19.2 Å². The van der Waals surface area contributed by atoms with Crippen LogP contribution >= 0.6 is 0 Å². The van der Waals surface area contributed by atoms with Crippen LogP contribution in [0.3, 0.4) is 0 Å². The van der Waals surface area contributed by atoms with Crippen molar-refractivity contribution in [3.63, 3.8) is 0 Å². The van der Waals surface area contributed by atoms with Crippen LogP contribution in [0.1, 0.15) is 6.42 Å². The fourth-order valence-corrected chi connectivity index (χ4v) is 2.13. The van der Waals surface area contributed by atoms with Crippen LogP contribution in [-0.4, -0.2) is 52.3 Å². The first kappa shape index (κ1) is 20.4. The average Bonchev–Trinajstić information content (AvgIpc) is 2.58. The summed E-state index contributed by atoms with van der Waals surface area (Å²) in [5.41, 5.74) is -2.43. The van der Waals surface area contributed by atoms with Crippen LogP contribution in [0.25, 0.3) is 0 Å². The van der Waals surface area contributed by atoms with Crippen LogP contribution in [0, 0.1) is 11.3 Å². The Balaban J connectivity index is 6.28. The molecule has 0 fully saturated rings. The number of carbonyl (C=O) groups excluding carboxylic acids is 4. The zero-order valence-electron chi connectivity index (χ0n) is 13.5. The first-order valence-corrected chi connectivity index (χ1v) is 6.40. The van der Waals surface area contributed by atoms with E-state index in [-0.39, 0.29) is 5.57 Å². The Hall–Kier alpha value is -2.64. The summed E-state index contributed by atoms with van der Waals surface area (Å²) >= 11 is 0. The van der Waals surface area contributed by atoms with E-state index < -0.39 is 41.6 Å². The topological polar surface area (TPSA) is 105 Å². The highest BCUT2D eigenvalue weighted by molar-refractivity contribution is 6.06. The van der Waals surface area contributed by atoms with E-state index in [0.717, 1.165) is 34.5 Å². The van der Waals surface area contributed by atoms with Gasteiger partial charge in [-0.2, -0.15) is 0 Å². The molecule has 8 nitrogen and oxygen atoms in total. The van der Waals surface area contributed by atoms with Gasteiger partial charge in [0.15, 0.2) is 5.41 Å². The van der Waals surface area contributed by atoms with Gasteiger partial charge < -0.3 is 18.9 Å². The Morgan fingerprint density at radius 2 is 1.43 bits per heavy atom. The van der Waals surface area contributed by atoms with Crippen molar-refractivity contribution in [2.24, 2.45) is 11.3 Å². The minimum Gasteiger partial charge on any atom is -0.469 e. The summed E-state index contributed by atoms with van der Waals surface area (Å²) in [6, 6.07) is 0. The maximum atomic E-state index is 12.3. The molecule has 0 radical (unpaired) electrons. The summed E-state index contributed by atoms with van der Waals surface area (Å²) in [5.74, 6) is -5.41. The maximum Gasteiger partial charge on any atom is 0.333 e. The van der Waals surface area contributed by atoms with Gasteiger partial charge in [-0.1, -0.05) is 12.7 Å². The summed E-state index contributed by atoms with van der Waals surface area (Å²) in [5, 5.41) is 0. The summed E-state index contributed by atoms with van der Waals surface area (Å²) < 4.78 is 18.4. The van der Waals surface area contributed by atoms with Crippen molar-refractivity contribution in [3.8, 4) is 0 Å². The predicted octanol–water partition coefficient (Wildman–Crippen LogP) is 0.413. The minimum atomic E-state index is -2.20. The molecular formula is C15H20O8. The van der Waals surface area contributed by atoms with E-state index >= 15 is 0 Å². The van der Waals surface area contributed by atoms with Crippen molar-refractivity contribution < 1.29 is 38.1 Å². The number of hydrogen-bond acceptors (Lipinski definition) is 8. The molecule has 0 N–H and O–H groups in total. The van der Waals surface area contributed by atoms with Crippen molar-refractivity contribution in [1.29, 1.82) is 0 Å². The zero-order valence-corrected chi connectivity index (χ0v) is 13.5. The van der Waals surface area contributed by atoms with Gasteiger partial charge in [0.25, 0.3) is 0 Å². The van der Waals surface area contributed by atoms with E-state index in [1.54, 1.807) is 0 Å². The van der Waals surface area contributed by atoms with Crippen LogP contribution in [0.4, 0.5) is 0 Å². The molecule has 0 aromatic rings. The van der Waals surface area contributed by atoms with E-state index in [1.807, 2.05) is 0 Å². The number of methoxy groups -OCH3 is 4. The van der Waals surface area contributed by atoms with Crippen LogP contribution < -0.4 is 0 Å². The summed E-state index contributed by atoms with van der Waals surface area (Å²) in [6.07, 6.45) is 0.481. The lowest BCUT2D eigenvalue weighted by molar-refractivity contribution is -0.178. The van der Waals surface area contributed by atoms with Gasteiger partial charge in [-0.15, -0.1) is 6.58 Å². The van der Waals surface area contributed by atoms with Crippen LogP contribution in [-0.2, 0) is 38.1 Å². The molecular weight excluding hydrogens is 308 g/mol. The molecule has 0 aliphatic rings. The fraction of sp³-hybridized carbons (Fsp3) is 0.467. The van der Waals surface area contributed by atoms with Gasteiger partial charge in [-0.25, -0.2) is 4.79 Å². The molecule has 0 bridgehead atoms. The smallest absolute Gasteiger partial charge is 0.333 e. The second-order valence-electron chi connectivity index (χ2n) is 4.46. The van der Waals surface area contributed by atoms with Crippen LogP contribution in [0.15, 0.2) is 24.8 Å². The molecule has 0 aromatic carbocycles. The largest absolute Gasteiger partial charge is 0.469 e. The van der Waals surface area contributed by atoms with Gasteiger partial charge in [-0.05, 0) is 0 Å². The number of hydrogen-bond donors (Lipinski definition) is 0. The number of ether oxygens (including phenoxy) is 4. The van der Waals surface area contributed by atoms with Gasteiger partial charge >= 0.3 is 23.9 Å². The van der Waals surface area contributed by atoms with Crippen molar-refractivity contribution in [3.05, 3.63) is 24.8 Å². The molecule has 0 amide bonds. The fourth-order valence-electron chi connectivity index (χ4n) is 2.13. The molecule has 128 valence electrons. The first-order valence-electron chi connectivity index (χ1n) is 6.40.